The standard InChI is InChI=1S/C29H30Cl2FN3O3S/c1-20-6-9-22(30)18-26(20)34-14-16-35(17-15-34)28(36)29(39(37,38)27-5-3-2-4-25(27)31)19-33-13-12-24(29)21-7-10-23(32)11-8-21/h2-11,18,24,33H,12-17,19H2,1H3/t24-,29-/m1/s1. The van der Waals surface area contributed by atoms with E-state index >= 15 is 0 Å². The van der Waals surface area contributed by atoms with Crippen LogP contribution in [0.4, 0.5) is 10.1 Å². The van der Waals surface area contributed by atoms with E-state index in [1.54, 1.807) is 29.2 Å². The van der Waals surface area contributed by atoms with Gasteiger partial charge in [-0.25, -0.2) is 12.8 Å². The largest absolute Gasteiger partial charge is 0.368 e. The van der Waals surface area contributed by atoms with Crippen molar-refractivity contribution in [3.63, 3.8) is 0 Å². The summed E-state index contributed by atoms with van der Waals surface area (Å²) in [5.74, 6) is -1.58. The van der Waals surface area contributed by atoms with Crippen LogP contribution in [0, 0.1) is 12.7 Å². The van der Waals surface area contributed by atoms with Crippen molar-refractivity contribution in [1.82, 2.24) is 10.2 Å². The molecule has 1 N–H and O–H groups in total. The van der Waals surface area contributed by atoms with E-state index in [1.165, 1.54) is 24.3 Å². The number of nitrogens with zero attached hydrogens (tertiary/aromatic N) is 2. The Balaban J connectivity index is 1.55. The maximum atomic E-state index is 14.6. The maximum Gasteiger partial charge on any atom is 0.246 e. The van der Waals surface area contributed by atoms with Crippen LogP contribution in [0.2, 0.25) is 10.0 Å². The highest BCUT2D eigenvalue weighted by atomic mass is 35.5. The number of hydrogen-bond acceptors (Lipinski definition) is 5. The molecule has 206 valence electrons. The molecular weight excluding hydrogens is 560 g/mol. The lowest BCUT2D eigenvalue weighted by Gasteiger charge is -2.47. The minimum Gasteiger partial charge on any atom is -0.368 e. The molecule has 3 aromatic rings. The van der Waals surface area contributed by atoms with Crippen LogP contribution in [-0.2, 0) is 14.6 Å². The first-order valence-corrected chi connectivity index (χ1v) is 15.1. The Bertz CT molecular complexity index is 1480. The topological polar surface area (TPSA) is 69.7 Å². The molecular formula is C29H30Cl2FN3O3S. The normalized spacial score (nSPS) is 22.1. The zero-order valence-corrected chi connectivity index (χ0v) is 23.9. The van der Waals surface area contributed by atoms with Crippen molar-refractivity contribution in [2.24, 2.45) is 0 Å². The summed E-state index contributed by atoms with van der Waals surface area (Å²) in [6, 6.07) is 17.7. The summed E-state index contributed by atoms with van der Waals surface area (Å²) >= 11 is 12.7. The molecule has 0 bridgehead atoms. The number of nitrogens with one attached hydrogen (secondary N) is 1. The second kappa shape index (κ2) is 11.1. The lowest BCUT2D eigenvalue weighted by Crippen LogP contribution is -2.66. The SMILES string of the molecule is Cc1ccc(Cl)cc1N1CCN(C(=O)[C@@]2(S(=O)(=O)c3ccccc3Cl)CNCC[C@@H]2c2ccc(F)cc2)CC1. The number of halogens is 3. The molecule has 6 nitrogen and oxygen atoms in total. The van der Waals surface area contributed by atoms with Crippen molar-refractivity contribution in [2.45, 2.75) is 28.9 Å². The van der Waals surface area contributed by atoms with Crippen molar-refractivity contribution in [1.29, 1.82) is 0 Å². The van der Waals surface area contributed by atoms with E-state index in [4.69, 9.17) is 23.2 Å². The van der Waals surface area contributed by atoms with Crippen molar-refractivity contribution < 1.29 is 17.6 Å². The van der Waals surface area contributed by atoms with E-state index in [2.05, 4.69) is 10.2 Å². The number of anilines is 1. The summed E-state index contributed by atoms with van der Waals surface area (Å²) in [5.41, 5.74) is 2.68. The van der Waals surface area contributed by atoms with E-state index in [9.17, 15) is 17.6 Å². The van der Waals surface area contributed by atoms with Crippen LogP contribution in [0.3, 0.4) is 0 Å². The predicted octanol–water partition coefficient (Wildman–Crippen LogP) is 5.08. The van der Waals surface area contributed by atoms with Crippen LogP contribution in [-0.4, -0.2) is 63.2 Å². The van der Waals surface area contributed by atoms with Crippen LogP contribution in [0.1, 0.15) is 23.5 Å². The van der Waals surface area contributed by atoms with Crippen molar-refractivity contribution in [2.75, 3.05) is 44.2 Å². The van der Waals surface area contributed by atoms with Gasteiger partial charge in [-0.3, -0.25) is 4.79 Å². The fraction of sp³-hybridized carbons (Fsp3) is 0.345. The monoisotopic (exact) mass is 589 g/mol. The Kier molecular flexibility index (Phi) is 7.93. The van der Waals surface area contributed by atoms with Crippen LogP contribution >= 0.6 is 23.2 Å². The minimum absolute atomic E-state index is 0.0642. The maximum absolute atomic E-state index is 14.6. The lowest BCUT2D eigenvalue weighted by atomic mass is 9.79. The van der Waals surface area contributed by atoms with E-state index in [-0.39, 0.29) is 16.5 Å². The third kappa shape index (κ3) is 5.04. The molecule has 2 saturated heterocycles. The molecule has 2 fully saturated rings. The van der Waals surface area contributed by atoms with Gasteiger partial charge in [-0.15, -0.1) is 0 Å². The molecule has 0 radical (unpaired) electrons. The van der Waals surface area contributed by atoms with Crippen molar-refractivity contribution in [3.05, 3.63) is 93.7 Å². The number of carbonyl (C=O) groups is 1. The average Bonchev–Trinajstić information content (AvgIpc) is 2.94. The summed E-state index contributed by atoms with van der Waals surface area (Å²) < 4.78 is 41.1. The van der Waals surface area contributed by atoms with E-state index < -0.39 is 32.2 Å². The molecule has 39 heavy (non-hydrogen) atoms. The quantitative estimate of drug-likeness (QED) is 0.449. The number of amides is 1. The van der Waals surface area contributed by atoms with Gasteiger partial charge in [0.1, 0.15) is 5.82 Å². The zero-order valence-electron chi connectivity index (χ0n) is 21.5. The van der Waals surface area contributed by atoms with E-state index in [1.807, 2.05) is 25.1 Å². The van der Waals surface area contributed by atoms with Gasteiger partial charge < -0.3 is 15.1 Å². The molecule has 3 aromatic carbocycles. The van der Waals surface area contributed by atoms with Crippen molar-refractivity contribution in [3.8, 4) is 0 Å². The highest BCUT2D eigenvalue weighted by Gasteiger charge is 2.60. The third-order valence-corrected chi connectivity index (χ3v) is 11.1. The van der Waals surface area contributed by atoms with E-state index in [0.29, 0.717) is 49.7 Å². The molecule has 5 rings (SSSR count). The molecule has 0 aromatic heterocycles. The third-order valence-electron chi connectivity index (χ3n) is 7.88. The minimum atomic E-state index is -4.30. The summed E-state index contributed by atoms with van der Waals surface area (Å²) in [6.07, 6.45) is 0.392. The molecule has 0 saturated carbocycles. The molecule has 0 unspecified atom stereocenters. The molecule has 0 aliphatic carbocycles. The number of piperidine rings is 1. The number of hydrogen-bond donors (Lipinski definition) is 1. The second-order valence-electron chi connectivity index (χ2n) is 10.1. The van der Waals surface area contributed by atoms with Gasteiger partial charge in [0, 0.05) is 49.4 Å². The Labute approximate surface area is 238 Å². The predicted molar refractivity (Wildman–Crippen MR) is 153 cm³/mol. The Hall–Kier alpha value is -2.65. The number of rotatable bonds is 5. The fourth-order valence-corrected chi connectivity index (χ4v) is 8.69. The summed E-state index contributed by atoms with van der Waals surface area (Å²) in [6.45, 7) is 4.22. The number of benzene rings is 3. The van der Waals surface area contributed by atoms with Gasteiger partial charge in [0.15, 0.2) is 14.6 Å². The van der Waals surface area contributed by atoms with Gasteiger partial charge >= 0.3 is 0 Å². The van der Waals surface area contributed by atoms with Gasteiger partial charge in [-0.05, 0) is 67.4 Å². The van der Waals surface area contributed by atoms with Crippen molar-refractivity contribution >= 4 is 44.6 Å². The highest BCUT2D eigenvalue weighted by molar-refractivity contribution is 7.93. The molecule has 2 aliphatic rings. The highest BCUT2D eigenvalue weighted by Crippen LogP contribution is 2.45. The molecule has 2 atom stereocenters. The zero-order chi connectivity index (χ0) is 27.8. The first-order chi connectivity index (χ1) is 18.6. The average molecular weight is 591 g/mol. The number of sulfone groups is 1. The Morgan fingerprint density at radius 1 is 1.00 bits per heavy atom. The molecule has 2 heterocycles. The van der Waals surface area contributed by atoms with Gasteiger partial charge in [-0.2, -0.15) is 0 Å². The first kappa shape index (κ1) is 27.9. The van der Waals surface area contributed by atoms with Gasteiger partial charge in [-0.1, -0.05) is 53.5 Å². The van der Waals surface area contributed by atoms with Gasteiger partial charge in [0.2, 0.25) is 5.91 Å². The molecule has 0 spiro atoms. The Morgan fingerprint density at radius 3 is 2.38 bits per heavy atom. The lowest BCUT2D eigenvalue weighted by molar-refractivity contribution is -0.135. The van der Waals surface area contributed by atoms with Crippen LogP contribution in [0.15, 0.2) is 71.6 Å². The number of carbonyl (C=O) groups excluding carboxylic acids is 1. The smallest absolute Gasteiger partial charge is 0.246 e. The molecule has 10 heteroatoms. The number of piperazine rings is 1. The summed E-state index contributed by atoms with van der Waals surface area (Å²) in [4.78, 5) is 18.3. The molecule has 2 aliphatic heterocycles. The summed E-state index contributed by atoms with van der Waals surface area (Å²) in [7, 11) is -4.30. The summed E-state index contributed by atoms with van der Waals surface area (Å²) in [5, 5.41) is 3.88. The van der Waals surface area contributed by atoms with Gasteiger partial charge in [0.25, 0.3) is 0 Å². The Morgan fingerprint density at radius 2 is 1.69 bits per heavy atom. The second-order valence-corrected chi connectivity index (χ2v) is 13.1. The van der Waals surface area contributed by atoms with Crippen LogP contribution in [0.5, 0.6) is 0 Å². The fourth-order valence-electron chi connectivity index (χ4n) is 5.83. The number of aryl methyl sites for hydroxylation is 1. The first-order valence-electron chi connectivity index (χ1n) is 12.9. The van der Waals surface area contributed by atoms with Crippen LogP contribution in [0.25, 0.3) is 0 Å². The van der Waals surface area contributed by atoms with E-state index in [0.717, 1.165) is 11.3 Å². The van der Waals surface area contributed by atoms with Gasteiger partial charge in [0.05, 0.1) is 9.92 Å². The van der Waals surface area contributed by atoms with Crippen LogP contribution < -0.4 is 10.2 Å². The molecule has 1 amide bonds.